The summed E-state index contributed by atoms with van der Waals surface area (Å²) in [6.45, 7) is 8.51. The molecule has 15 heteroatoms. The lowest BCUT2D eigenvalue weighted by molar-refractivity contribution is -0.143. The van der Waals surface area contributed by atoms with Gasteiger partial charge >= 0.3 is 6.09 Å². The number of carbonyl (C=O) groups excluding carboxylic acids is 4. The van der Waals surface area contributed by atoms with E-state index in [1.54, 1.807) is 34.8 Å². The first-order valence-corrected chi connectivity index (χ1v) is 22.9. The van der Waals surface area contributed by atoms with E-state index in [4.69, 9.17) is 19.2 Å². The van der Waals surface area contributed by atoms with Gasteiger partial charge in [0.15, 0.2) is 0 Å². The number of amides is 4. The number of nitrogens with zero attached hydrogens (tertiary/aromatic N) is 2. The number of nitrogens with one attached hydrogen (secondary N) is 3. The summed E-state index contributed by atoms with van der Waals surface area (Å²) >= 11 is 0. The molecule has 0 bridgehead atoms. The summed E-state index contributed by atoms with van der Waals surface area (Å²) in [5.74, 6) is -0.728. The van der Waals surface area contributed by atoms with Crippen LogP contribution in [-0.4, -0.2) is 89.8 Å². The number of carbonyl (C=O) groups is 4. The third-order valence-electron chi connectivity index (χ3n) is 13.1. The van der Waals surface area contributed by atoms with E-state index in [-0.39, 0.29) is 25.3 Å². The van der Waals surface area contributed by atoms with Crippen molar-refractivity contribution in [3.63, 3.8) is 0 Å². The molecule has 1 spiro atoms. The Morgan fingerprint density at radius 2 is 1.83 bits per heavy atom. The normalized spacial score (nSPS) is 26.0. The van der Waals surface area contributed by atoms with Crippen molar-refractivity contribution in [3.8, 4) is 11.5 Å². The van der Waals surface area contributed by atoms with Gasteiger partial charge in [-0.3, -0.25) is 19.1 Å². The molecule has 1 aromatic carbocycles. The second-order valence-corrected chi connectivity index (χ2v) is 20.8. The van der Waals surface area contributed by atoms with Crippen molar-refractivity contribution in [1.29, 1.82) is 0 Å². The maximum Gasteiger partial charge on any atom is 0.408 e. The van der Waals surface area contributed by atoms with E-state index in [1.807, 2.05) is 30.4 Å². The molecule has 1 saturated heterocycles. The van der Waals surface area contributed by atoms with E-state index in [1.165, 1.54) is 4.90 Å². The van der Waals surface area contributed by atoms with Crippen LogP contribution in [0.4, 0.5) is 4.79 Å². The van der Waals surface area contributed by atoms with E-state index in [2.05, 4.69) is 22.3 Å². The Morgan fingerprint density at radius 1 is 1.07 bits per heavy atom. The Kier molecular flexibility index (Phi) is 11.7. The highest BCUT2D eigenvalue weighted by Gasteiger charge is 2.59. The maximum atomic E-state index is 14.8. The minimum absolute atomic E-state index is 0.0479. The Hall–Kier alpha value is -4.40. The molecule has 4 unspecified atom stereocenters. The number of aryl methyl sites for hydroxylation is 1. The number of pyridine rings is 1. The van der Waals surface area contributed by atoms with Gasteiger partial charge in [-0.25, -0.2) is 18.2 Å². The fraction of sp³-hybridized carbons (Fsp3) is 0.659. The summed E-state index contributed by atoms with van der Waals surface area (Å²) in [4.78, 5) is 62.5. The van der Waals surface area contributed by atoms with Crippen molar-refractivity contribution in [3.05, 3.63) is 41.6 Å². The van der Waals surface area contributed by atoms with Crippen molar-refractivity contribution < 1.29 is 41.8 Å². The number of unbranched alkanes of at least 4 members (excludes halogenated alkanes) is 3. The predicted octanol–water partition coefficient (Wildman–Crippen LogP) is 6.10. The van der Waals surface area contributed by atoms with Crippen LogP contribution in [0.3, 0.4) is 0 Å². The number of methoxy groups -OCH3 is 1. The van der Waals surface area contributed by atoms with Gasteiger partial charge in [-0.2, -0.15) is 0 Å². The highest BCUT2D eigenvalue weighted by molar-refractivity contribution is 7.91. The van der Waals surface area contributed by atoms with Crippen LogP contribution in [0.5, 0.6) is 11.5 Å². The molecule has 3 saturated carbocycles. The molecular weight excluding hydrogens is 775 g/mol. The van der Waals surface area contributed by atoms with Gasteiger partial charge in [-0.05, 0) is 110 Å². The summed E-state index contributed by atoms with van der Waals surface area (Å²) in [5.41, 5.74) is -0.571. The predicted molar refractivity (Wildman–Crippen MR) is 223 cm³/mol. The first kappa shape index (κ1) is 42.7. The smallest absolute Gasteiger partial charge is 0.408 e. The standard InChI is InChI=1S/C44H61N5O9S/c1-7-8-9-10-11-15-29-18-21-44(29,39(52)48-59(54,55)42(5)22-23-42)47-38(51)34-25-43(27-49(34)35(50)26-45-40(53)58-41(2,3)4)20-19-31-32-24-30(56-6)16-17-33(32)46-36(37(31)57-43)28-13-12-14-28/h11,15-17,24,28-29,34H,7-10,12-14,18-23,25-27H2,1-6H3,(H,45,53)(H,47,51)(H,48,52). The SMILES string of the molecule is CCCCCC=CC1CCC1(NC(=O)C1CC2(CCc3c(c(C4CCC4)nc4ccc(OC)cc34)O2)CN1C(=O)CNC(=O)OC(C)(C)C)C(=O)NS(=O)(=O)C1(C)CC1. The molecule has 322 valence electrons. The number of rotatable bonds is 14. The summed E-state index contributed by atoms with van der Waals surface area (Å²) in [7, 11) is -2.39. The number of benzene rings is 1. The number of likely N-dealkylation sites (tertiary alicyclic amines) is 1. The number of allylic oxidation sites excluding steroid dienone is 1. The van der Waals surface area contributed by atoms with Gasteiger partial charge in [0.25, 0.3) is 5.91 Å². The minimum Gasteiger partial charge on any atom is -0.497 e. The molecule has 4 amide bonds. The quantitative estimate of drug-likeness (QED) is 0.149. The average Bonchev–Trinajstić information content (AvgIpc) is 3.82. The number of aromatic nitrogens is 1. The molecule has 14 nitrogen and oxygen atoms in total. The second kappa shape index (κ2) is 16.2. The van der Waals surface area contributed by atoms with Crippen molar-refractivity contribution in [2.75, 3.05) is 20.2 Å². The van der Waals surface area contributed by atoms with Crippen LogP contribution in [0.2, 0.25) is 0 Å². The Balaban J connectivity index is 1.21. The van der Waals surface area contributed by atoms with E-state index in [9.17, 15) is 27.6 Å². The van der Waals surface area contributed by atoms with Crippen LogP contribution in [0, 0.1) is 5.92 Å². The number of fused-ring (bicyclic) bond motifs is 3. The van der Waals surface area contributed by atoms with Gasteiger partial charge in [-0.1, -0.05) is 38.3 Å². The topological polar surface area (TPSA) is 182 Å². The number of hydrogen-bond donors (Lipinski definition) is 3. The van der Waals surface area contributed by atoms with Gasteiger partial charge in [0, 0.05) is 29.2 Å². The first-order valence-electron chi connectivity index (χ1n) is 21.4. The molecule has 4 fully saturated rings. The summed E-state index contributed by atoms with van der Waals surface area (Å²) in [6, 6.07) is 4.74. The lowest BCUT2D eigenvalue weighted by atomic mass is 9.65. The monoisotopic (exact) mass is 835 g/mol. The van der Waals surface area contributed by atoms with Crippen molar-refractivity contribution in [2.24, 2.45) is 5.92 Å². The summed E-state index contributed by atoms with van der Waals surface area (Å²) in [5, 5.41) is 6.50. The summed E-state index contributed by atoms with van der Waals surface area (Å²) in [6.07, 6.45) is 13.0. The second-order valence-electron chi connectivity index (χ2n) is 18.6. The molecule has 2 aromatic rings. The molecule has 1 aromatic heterocycles. The molecule has 4 atom stereocenters. The molecule has 2 aliphatic heterocycles. The zero-order valence-corrected chi connectivity index (χ0v) is 36.2. The number of sulfonamides is 1. The molecule has 3 heterocycles. The van der Waals surface area contributed by atoms with Crippen LogP contribution in [0.1, 0.15) is 135 Å². The Bertz CT molecular complexity index is 2130. The molecular formula is C44H61N5O9S. The van der Waals surface area contributed by atoms with Crippen molar-refractivity contribution in [1.82, 2.24) is 25.2 Å². The largest absolute Gasteiger partial charge is 0.497 e. The molecule has 59 heavy (non-hydrogen) atoms. The van der Waals surface area contributed by atoms with E-state index >= 15 is 0 Å². The molecule has 3 N–H and O–H groups in total. The summed E-state index contributed by atoms with van der Waals surface area (Å²) < 4.78 is 46.1. The maximum absolute atomic E-state index is 14.8. The van der Waals surface area contributed by atoms with Crippen molar-refractivity contribution >= 4 is 44.7 Å². The number of ether oxygens (including phenoxy) is 3. The van der Waals surface area contributed by atoms with Gasteiger partial charge in [-0.15, -0.1) is 0 Å². The fourth-order valence-corrected chi connectivity index (χ4v) is 10.2. The molecule has 7 rings (SSSR count). The zero-order chi connectivity index (χ0) is 42.4. The molecule has 0 radical (unpaired) electrons. The Labute approximate surface area is 348 Å². The van der Waals surface area contributed by atoms with Crippen LogP contribution in [0.25, 0.3) is 10.9 Å². The van der Waals surface area contributed by atoms with E-state index in [0.717, 1.165) is 67.1 Å². The van der Waals surface area contributed by atoms with Gasteiger partial charge < -0.3 is 29.7 Å². The van der Waals surface area contributed by atoms with Crippen LogP contribution < -0.4 is 24.8 Å². The number of alkyl carbamates (subject to hydrolysis) is 1. The van der Waals surface area contributed by atoms with Gasteiger partial charge in [0.2, 0.25) is 21.8 Å². The third kappa shape index (κ3) is 8.63. The van der Waals surface area contributed by atoms with E-state index < -0.39 is 73.8 Å². The van der Waals surface area contributed by atoms with Gasteiger partial charge in [0.1, 0.15) is 40.8 Å². The van der Waals surface area contributed by atoms with Gasteiger partial charge in [0.05, 0.1) is 29.6 Å². The molecule has 3 aliphatic carbocycles. The lowest BCUT2D eigenvalue weighted by Crippen LogP contribution is -2.70. The average molecular weight is 836 g/mol. The van der Waals surface area contributed by atoms with Crippen molar-refractivity contribution in [2.45, 2.75) is 158 Å². The minimum atomic E-state index is -4.01. The highest BCUT2D eigenvalue weighted by atomic mass is 32.2. The van der Waals surface area contributed by atoms with E-state index in [0.29, 0.717) is 43.6 Å². The fourth-order valence-electron chi connectivity index (χ4n) is 8.85. The first-order chi connectivity index (χ1) is 27.9. The zero-order valence-electron chi connectivity index (χ0n) is 35.4. The van der Waals surface area contributed by atoms with Crippen LogP contribution >= 0.6 is 0 Å². The Morgan fingerprint density at radius 3 is 2.46 bits per heavy atom. The third-order valence-corrected chi connectivity index (χ3v) is 15.3. The lowest BCUT2D eigenvalue weighted by Gasteiger charge is -2.47. The number of hydrogen-bond acceptors (Lipinski definition) is 10. The van der Waals surface area contributed by atoms with Crippen LogP contribution in [-0.2, 0) is 35.6 Å². The highest BCUT2D eigenvalue weighted by Crippen LogP contribution is 2.50. The van der Waals surface area contributed by atoms with Crippen LogP contribution in [0.15, 0.2) is 30.4 Å². The molecule has 5 aliphatic rings.